The first-order valence-electron chi connectivity index (χ1n) is 12.5. The Morgan fingerprint density at radius 3 is 2.53 bits per heavy atom. The first kappa shape index (κ1) is 27.3. The van der Waals surface area contributed by atoms with E-state index < -0.39 is 17.0 Å². The van der Waals surface area contributed by atoms with E-state index in [-0.39, 0.29) is 35.0 Å². The van der Waals surface area contributed by atoms with E-state index in [0.717, 1.165) is 18.6 Å². The number of nitrogens with one attached hydrogen (secondary N) is 1. The average molecular weight is 500 g/mol. The third-order valence-electron chi connectivity index (χ3n) is 6.90. The van der Waals surface area contributed by atoms with Gasteiger partial charge in [-0.1, -0.05) is 26.8 Å². The molecule has 1 saturated carbocycles. The van der Waals surface area contributed by atoms with Crippen LogP contribution < -0.4 is 16.8 Å². The largest absolute Gasteiger partial charge is 0.401 e. The number of hydrogen-bond acceptors (Lipinski definition) is 6. The second-order valence-electron chi connectivity index (χ2n) is 9.01. The summed E-state index contributed by atoms with van der Waals surface area (Å²) < 4.78 is 28.4. The molecular weight excluding hydrogens is 464 g/mol. The fourth-order valence-corrected chi connectivity index (χ4v) is 4.83. The molecule has 194 valence electrons. The normalized spacial score (nSPS) is 23.9. The van der Waals surface area contributed by atoms with Crippen LogP contribution in [0.25, 0.3) is 5.70 Å². The number of aliphatic hydroxyl groups is 1. The lowest BCUT2D eigenvalue weighted by Crippen LogP contribution is -2.47. The highest BCUT2D eigenvalue weighted by atomic mass is 19.1. The highest BCUT2D eigenvalue weighted by molar-refractivity contribution is 5.92. The summed E-state index contributed by atoms with van der Waals surface area (Å²) in [6.07, 6.45) is 7.84. The molecule has 9 heteroatoms. The van der Waals surface area contributed by atoms with Gasteiger partial charge >= 0.3 is 0 Å². The highest BCUT2D eigenvalue weighted by Gasteiger charge is 2.39. The summed E-state index contributed by atoms with van der Waals surface area (Å²) in [6.45, 7) is 5.98. The summed E-state index contributed by atoms with van der Waals surface area (Å²) in [5.74, 6) is -1.83. The minimum absolute atomic E-state index is 0.0395. The number of aromatic nitrogens is 2. The van der Waals surface area contributed by atoms with Gasteiger partial charge in [-0.25, -0.2) is 13.8 Å². The zero-order chi connectivity index (χ0) is 26.5. The lowest BCUT2D eigenvalue weighted by Gasteiger charge is -2.38. The fourth-order valence-electron chi connectivity index (χ4n) is 4.83. The molecule has 1 amide bonds. The number of nitrogens with zero attached hydrogens (tertiary/aromatic N) is 2. The van der Waals surface area contributed by atoms with Crippen LogP contribution in [-0.4, -0.2) is 33.1 Å². The molecule has 6 N–H and O–H groups in total. The molecule has 0 saturated heterocycles. The topological polar surface area (TPSA) is 127 Å². The monoisotopic (exact) mass is 499 g/mol. The summed E-state index contributed by atoms with van der Waals surface area (Å²) >= 11 is 0. The van der Waals surface area contributed by atoms with Crippen LogP contribution in [0.2, 0.25) is 0 Å². The van der Waals surface area contributed by atoms with E-state index in [0.29, 0.717) is 49.1 Å². The molecule has 36 heavy (non-hydrogen) atoms. The van der Waals surface area contributed by atoms with Gasteiger partial charge < -0.3 is 21.9 Å². The highest BCUT2D eigenvalue weighted by Crippen LogP contribution is 2.43. The van der Waals surface area contributed by atoms with Gasteiger partial charge in [0.1, 0.15) is 17.3 Å². The van der Waals surface area contributed by atoms with E-state index in [2.05, 4.69) is 15.3 Å². The number of halogens is 2. The number of carbonyl (C=O) groups excluding carboxylic acids is 1. The van der Waals surface area contributed by atoms with E-state index in [4.69, 9.17) is 11.5 Å². The van der Waals surface area contributed by atoms with Gasteiger partial charge in [0.05, 0.1) is 29.0 Å². The molecule has 0 spiro atoms. The molecule has 0 bridgehead atoms. The third-order valence-corrected chi connectivity index (χ3v) is 6.90. The molecular formula is C27H35F2N5O2. The lowest BCUT2D eigenvalue weighted by atomic mass is 9.69. The Bertz CT molecular complexity index is 1140. The van der Waals surface area contributed by atoms with Gasteiger partial charge in [-0.05, 0) is 62.3 Å². The predicted molar refractivity (Wildman–Crippen MR) is 135 cm³/mol. The van der Waals surface area contributed by atoms with E-state index in [1.165, 1.54) is 18.3 Å². The molecule has 1 unspecified atom stereocenters. The molecule has 1 fully saturated rings. The summed E-state index contributed by atoms with van der Waals surface area (Å²) in [7, 11) is 0. The molecule has 4 rings (SSSR count). The average Bonchev–Trinajstić information content (AvgIpc) is 2.86. The van der Waals surface area contributed by atoms with Crippen molar-refractivity contribution < 1.29 is 18.7 Å². The second-order valence-corrected chi connectivity index (χ2v) is 9.01. The Balaban J connectivity index is 0.00000176. The molecule has 1 aromatic heterocycles. The number of nitrogens with two attached hydrogens (primary N) is 2. The molecule has 1 heterocycles. The van der Waals surface area contributed by atoms with Crippen molar-refractivity contribution in [2.75, 3.05) is 0 Å². The predicted octanol–water partition coefficient (Wildman–Crippen LogP) is 4.08. The molecule has 0 radical (unpaired) electrons. The van der Waals surface area contributed by atoms with Crippen LogP contribution in [-0.2, 0) is 5.41 Å². The van der Waals surface area contributed by atoms with Crippen LogP contribution in [0, 0.1) is 11.6 Å². The Hall–Kier alpha value is -3.33. The fraction of sp³-hybridized carbons (Fsp3) is 0.444. The van der Waals surface area contributed by atoms with Gasteiger partial charge in [-0.15, -0.1) is 0 Å². The molecule has 2 aromatic rings. The SMILES string of the molecule is CC.CCC1(c2cncc(C(=O)NC3CC(O)C3)n2)CCCC(/C=C(\N)c2c(F)cccc2F)=C1N. The second kappa shape index (κ2) is 11.6. The van der Waals surface area contributed by atoms with Gasteiger partial charge in [0.25, 0.3) is 5.91 Å². The first-order valence-corrected chi connectivity index (χ1v) is 12.5. The van der Waals surface area contributed by atoms with E-state index in [1.807, 2.05) is 20.8 Å². The van der Waals surface area contributed by atoms with Crippen LogP contribution in [0.5, 0.6) is 0 Å². The molecule has 2 aliphatic carbocycles. The van der Waals surface area contributed by atoms with Crippen LogP contribution in [0.4, 0.5) is 8.78 Å². The number of hydrogen-bond donors (Lipinski definition) is 4. The van der Waals surface area contributed by atoms with Crippen molar-refractivity contribution in [3.05, 3.63) is 76.5 Å². The third kappa shape index (κ3) is 5.41. The van der Waals surface area contributed by atoms with Crippen molar-refractivity contribution in [1.82, 2.24) is 15.3 Å². The number of rotatable bonds is 6. The zero-order valence-electron chi connectivity index (χ0n) is 21.0. The van der Waals surface area contributed by atoms with Crippen LogP contribution in [0.1, 0.15) is 81.0 Å². The summed E-state index contributed by atoms with van der Waals surface area (Å²) in [5.41, 5.74) is 13.7. The maximum absolute atomic E-state index is 14.2. The maximum Gasteiger partial charge on any atom is 0.271 e. The Morgan fingerprint density at radius 1 is 1.25 bits per heavy atom. The Labute approximate surface area is 210 Å². The molecule has 7 nitrogen and oxygen atoms in total. The van der Waals surface area contributed by atoms with Crippen LogP contribution in [0.15, 0.2) is 47.9 Å². The van der Waals surface area contributed by atoms with Crippen LogP contribution >= 0.6 is 0 Å². The zero-order valence-corrected chi connectivity index (χ0v) is 21.0. The number of amides is 1. The maximum atomic E-state index is 14.2. The summed E-state index contributed by atoms with van der Waals surface area (Å²) in [4.78, 5) is 21.5. The molecule has 1 aromatic carbocycles. The Morgan fingerprint density at radius 2 is 1.92 bits per heavy atom. The molecule has 1 atom stereocenters. The van der Waals surface area contributed by atoms with Gasteiger partial charge in [0.15, 0.2) is 0 Å². The smallest absolute Gasteiger partial charge is 0.271 e. The van der Waals surface area contributed by atoms with E-state index in [9.17, 15) is 18.7 Å². The number of aliphatic hydroxyl groups excluding tert-OH is 1. The van der Waals surface area contributed by atoms with Gasteiger partial charge in [0.2, 0.25) is 0 Å². The van der Waals surface area contributed by atoms with Crippen molar-refractivity contribution in [2.24, 2.45) is 11.5 Å². The summed E-state index contributed by atoms with van der Waals surface area (Å²) in [6, 6.07) is 3.52. The van der Waals surface area contributed by atoms with E-state index >= 15 is 0 Å². The molecule has 2 aliphatic rings. The van der Waals surface area contributed by atoms with Crippen molar-refractivity contribution in [3.8, 4) is 0 Å². The Kier molecular flexibility index (Phi) is 8.79. The van der Waals surface area contributed by atoms with E-state index in [1.54, 1.807) is 6.20 Å². The van der Waals surface area contributed by atoms with Gasteiger partial charge in [0, 0.05) is 23.6 Å². The van der Waals surface area contributed by atoms with Gasteiger partial charge in [-0.3, -0.25) is 9.78 Å². The minimum Gasteiger partial charge on any atom is -0.401 e. The molecule has 0 aliphatic heterocycles. The van der Waals surface area contributed by atoms with Crippen molar-refractivity contribution >= 4 is 11.6 Å². The standard InChI is InChI=1S/C25H29F2N5O2.C2H6/c1-2-25(21-13-30-12-20(32-21)24(34)31-15-10-16(33)11-15)8-4-5-14(23(25)29)9-19(28)22-17(26)6-3-7-18(22)27;1-2/h3,6-7,9,12-13,15-16,33H,2,4-5,8,10-11,28-29H2,1H3,(H,31,34);1-2H3/b19-9-;. The first-order chi connectivity index (χ1) is 17.2. The van der Waals surface area contributed by atoms with Gasteiger partial charge in [-0.2, -0.15) is 0 Å². The lowest BCUT2D eigenvalue weighted by molar-refractivity contribution is 0.0560. The number of carbonyl (C=O) groups is 1. The number of allylic oxidation sites excluding steroid dienone is 3. The van der Waals surface area contributed by atoms with Crippen molar-refractivity contribution in [2.45, 2.75) is 76.9 Å². The van der Waals surface area contributed by atoms with Crippen molar-refractivity contribution in [1.29, 1.82) is 0 Å². The number of benzene rings is 1. The minimum atomic E-state index is -0.742. The van der Waals surface area contributed by atoms with Crippen LogP contribution in [0.3, 0.4) is 0 Å². The quantitative estimate of drug-likeness (QED) is 0.474. The summed E-state index contributed by atoms with van der Waals surface area (Å²) in [5, 5.41) is 12.3. The van der Waals surface area contributed by atoms with Crippen molar-refractivity contribution in [3.63, 3.8) is 0 Å².